The highest BCUT2D eigenvalue weighted by atomic mass is 16.3. The van der Waals surface area contributed by atoms with E-state index in [4.69, 9.17) is 5.11 Å². The fraction of sp³-hybridized carbons (Fsp3) is 0.375. The summed E-state index contributed by atoms with van der Waals surface area (Å²) in [6.07, 6.45) is 5.38. The number of aromatic nitrogens is 2. The van der Waals surface area contributed by atoms with Gasteiger partial charge in [-0.2, -0.15) is 5.10 Å². The number of aliphatic hydroxyl groups is 1. The van der Waals surface area contributed by atoms with Crippen molar-refractivity contribution in [3.05, 3.63) is 31.1 Å². The van der Waals surface area contributed by atoms with E-state index in [1.807, 2.05) is 12.3 Å². The Labute approximate surface area is 66.0 Å². The van der Waals surface area contributed by atoms with Crippen LogP contribution in [0.15, 0.2) is 31.1 Å². The molecule has 1 atom stereocenters. The summed E-state index contributed by atoms with van der Waals surface area (Å²) in [4.78, 5) is 0. The van der Waals surface area contributed by atoms with Gasteiger partial charge >= 0.3 is 0 Å². The molecule has 1 aromatic rings. The van der Waals surface area contributed by atoms with Gasteiger partial charge in [-0.05, 0) is 12.5 Å². The molecule has 1 aromatic heterocycles. The van der Waals surface area contributed by atoms with E-state index in [1.54, 1.807) is 10.9 Å². The smallest absolute Gasteiger partial charge is 0.0735 e. The van der Waals surface area contributed by atoms with Crippen LogP contribution >= 0.6 is 0 Å². The third kappa shape index (κ3) is 2.55. The largest absolute Gasteiger partial charge is 0.389 e. The van der Waals surface area contributed by atoms with Crippen molar-refractivity contribution in [3.8, 4) is 0 Å². The van der Waals surface area contributed by atoms with Crippen LogP contribution in [0.2, 0.25) is 0 Å². The van der Waals surface area contributed by atoms with Crippen LogP contribution in [-0.4, -0.2) is 21.0 Å². The van der Waals surface area contributed by atoms with Gasteiger partial charge < -0.3 is 5.11 Å². The number of hydrogen-bond acceptors (Lipinski definition) is 2. The monoisotopic (exact) mass is 152 g/mol. The molecule has 0 radical (unpaired) electrons. The molecule has 1 rings (SSSR count). The van der Waals surface area contributed by atoms with Gasteiger partial charge in [0.1, 0.15) is 0 Å². The van der Waals surface area contributed by atoms with Crippen LogP contribution in [0.1, 0.15) is 6.42 Å². The summed E-state index contributed by atoms with van der Waals surface area (Å²) >= 11 is 0. The molecule has 0 saturated heterocycles. The molecule has 1 heterocycles. The zero-order valence-corrected chi connectivity index (χ0v) is 6.35. The second-order valence-electron chi connectivity index (χ2n) is 2.36. The molecule has 1 N–H and O–H groups in total. The maximum absolute atomic E-state index is 9.10. The van der Waals surface area contributed by atoms with Gasteiger partial charge in [0.15, 0.2) is 0 Å². The molecule has 0 saturated carbocycles. The van der Waals surface area contributed by atoms with Crippen molar-refractivity contribution in [1.82, 2.24) is 9.78 Å². The lowest BCUT2D eigenvalue weighted by Crippen LogP contribution is -2.08. The lowest BCUT2D eigenvalue weighted by Gasteiger charge is -2.03. The summed E-state index contributed by atoms with van der Waals surface area (Å²) in [5, 5.41) is 13.1. The van der Waals surface area contributed by atoms with Crippen molar-refractivity contribution in [2.75, 3.05) is 0 Å². The van der Waals surface area contributed by atoms with Gasteiger partial charge in [-0.15, -0.1) is 6.58 Å². The zero-order chi connectivity index (χ0) is 8.10. The van der Waals surface area contributed by atoms with E-state index < -0.39 is 6.10 Å². The second-order valence-corrected chi connectivity index (χ2v) is 2.36. The Kier molecular flexibility index (Phi) is 2.86. The Balaban J connectivity index is 2.28. The average Bonchev–Trinajstić information content (AvgIpc) is 2.52. The normalized spacial score (nSPS) is 12.8. The van der Waals surface area contributed by atoms with Crippen molar-refractivity contribution >= 4 is 0 Å². The first kappa shape index (κ1) is 8.01. The van der Waals surface area contributed by atoms with Crippen LogP contribution < -0.4 is 0 Å². The van der Waals surface area contributed by atoms with Crippen LogP contribution in [0.3, 0.4) is 0 Å². The fourth-order valence-corrected chi connectivity index (χ4v) is 0.815. The van der Waals surface area contributed by atoms with Crippen LogP contribution in [0.4, 0.5) is 0 Å². The maximum Gasteiger partial charge on any atom is 0.0735 e. The molecule has 0 aromatic carbocycles. The molecule has 0 fully saturated rings. The number of rotatable bonds is 4. The first-order valence-electron chi connectivity index (χ1n) is 3.61. The summed E-state index contributed by atoms with van der Waals surface area (Å²) in [6.45, 7) is 4.22. The standard InChI is InChI=1S/C8H12N2O/c1-2-8(11)4-7-10-6-3-5-9-10/h2-3,5-6,8,11H,1,4,7H2. The highest BCUT2D eigenvalue weighted by Crippen LogP contribution is 1.95. The SMILES string of the molecule is C=CC(O)CCn1cccn1. The molecule has 1 unspecified atom stereocenters. The minimum Gasteiger partial charge on any atom is -0.389 e. The van der Waals surface area contributed by atoms with E-state index in [9.17, 15) is 0 Å². The van der Waals surface area contributed by atoms with Gasteiger partial charge in [0.05, 0.1) is 6.10 Å². The zero-order valence-electron chi connectivity index (χ0n) is 6.35. The molecular formula is C8H12N2O. The Morgan fingerprint density at radius 2 is 2.55 bits per heavy atom. The second kappa shape index (κ2) is 3.93. The molecule has 0 aliphatic heterocycles. The quantitative estimate of drug-likeness (QED) is 0.649. The van der Waals surface area contributed by atoms with Gasteiger partial charge in [-0.25, -0.2) is 0 Å². The molecule has 0 aliphatic carbocycles. The average molecular weight is 152 g/mol. The van der Waals surface area contributed by atoms with Crippen molar-refractivity contribution < 1.29 is 5.11 Å². The first-order chi connectivity index (χ1) is 5.33. The molecule has 11 heavy (non-hydrogen) atoms. The van der Waals surface area contributed by atoms with E-state index in [1.165, 1.54) is 6.08 Å². The van der Waals surface area contributed by atoms with Gasteiger partial charge in [-0.3, -0.25) is 4.68 Å². The van der Waals surface area contributed by atoms with Gasteiger partial charge in [0.25, 0.3) is 0 Å². The number of aryl methyl sites for hydroxylation is 1. The van der Waals surface area contributed by atoms with Crippen LogP contribution in [0.25, 0.3) is 0 Å². The summed E-state index contributed by atoms with van der Waals surface area (Å²) in [5.74, 6) is 0. The molecule has 0 bridgehead atoms. The molecular weight excluding hydrogens is 140 g/mol. The maximum atomic E-state index is 9.10. The fourth-order valence-electron chi connectivity index (χ4n) is 0.815. The Morgan fingerprint density at radius 1 is 1.73 bits per heavy atom. The van der Waals surface area contributed by atoms with E-state index in [0.29, 0.717) is 6.42 Å². The van der Waals surface area contributed by atoms with E-state index in [2.05, 4.69) is 11.7 Å². The predicted molar refractivity (Wildman–Crippen MR) is 43.0 cm³/mol. The van der Waals surface area contributed by atoms with Gasteiger partial charge in [0, 0.05) is 18.9 Å². The number of aliphatic hydroxyl groups excluding tert-OH is 1. The third-order valence-electron chi connectivity index (χ3n) is 1.49. The lowest BCUT2D eigenvalue weighted by atomic mass is 10.2. The number of hydrogen-bond donors (Lipinski definition) is 1. The molecule has 0 amide bonds. The number of nitrogens with zero attached hydrogens (tertiary/aromatic N) is 2. The van der Waals surface area contributed by atoms with Gasteiger partial charge in [-0.1, -0.05) is 6.08 Å². The highest BCUT2D eigenvalue weighted by Gasteiger charge is 1.97. The summed E-state index contributed by atoms with van der Waals surface area (Å²) < 4.78 is 1.78. The minimum atomic E-state index is -0.417. The molecule has 3 heteroatoms. The minimum absolute atomic E-state index is 0.417. The van der Waals surface area contributed by atoms with Gasteiger partial charge in [0.2, 0.25) is 0 Å². The third-order valence-corrected chi connectivity index (χ3v) is 1.49. The van der Waals surface area contributed by atoms with Crippen molar-refractivity contribution in [2.45, 2.75) is 19.1 Å². The summed E-state index contributed by atoms with van der Waals surface area (Å²) in [5.41, 5.74) is 0. The highest BCUT2D eigenvalue weighted by molar-refractivity contribution is 4.80. The van der Waals surface area contributed by atoms with E-state index in [0.717, 1.165) is 6.54 Å². The van der Waals surface area contributed by atoms with Crippen molar-refractivity contribution in [3.63, 3.8) is 0 Å². The van der Waals surface area contributed by atoms with Crippen LogP contribution in [-0.2, 0) is 6.54 Å². The summed E-state index contributed by atoms with van der Waals surface area (Å²) in [6, 6.07) is 1.86. The lowest BCUT2D eigenvalue weighted by molar-refractivity contribution is 0.204. The molecule has 60 valence electrons. The molecule has 3 nitrogen and oxygen atoms in total. The first-order valence-corrected chi connectivity index (χ1v) is 3.61. The Hall–Kier alpha value is -1.09. The predicted octanol–water partition coefficient (Wildman–Crippen LogP) is 0.820. The van der Waals surface area contributed by atoms with E-state index in [-0.39, 0.29) is 0 Å². The Morgan fingerprint density at radius 3 is 3.09 bits per heavy atom. The molecule has 0 aliphatic rings. The van der Waals surface area contributed by atoms with Crippen LogP contribution in [0.5, 0.6) is 0 Å². The molecule has 0 spiro atoms. The van der Waals surface area contributed by atoms with Crippen molar-refractivity contribution in [1.29, 1.82) is 0 Å². The summed E-state index contributed by atoms with van der Waals surface area (Å²) in [7, 11) is 0. The van der Waals surface area contributed by atoms with Crippen LogP contribution in [0, 0.1) is 0 Å². The Bertz CT molecular complexity index is 206. The topological polar surface area (TPSA) is 38.0 Å². The van der Waals surface area contributed by atoms with E-state index >= 15 is 0 Å². The van der Waals surface area contributed by atoms with Crippen molar-refractivity contribution in [2.24, 2.45) is 0 Å².